The molecule has 1 fully saturated rings. The van der Waals surface area contributed by atoms with Gasteiger partial charge in [0.15, 0.2) is 0 Å². The number of halogens is 1. The molecule has 1 N–H and O–H groups in total. The minimum atomic E-state index is -0.198. The number of carbonyl (C=O) groups excluding carboxylic acids is 1. The van der Waals surface area contributed by atoms with Crippen LogP contribution >= 0.6 is 11.6 Å². The van der Waals surface area contributed by atoms with Crippen LogP contribution in [0.1, 0.15) is 36.8 Å². The number of aromatic nitrogens is 2. The molecule has 1 aliphatic rings. The van der Waals surface area contributed by atoms with E-state index in [9.17, 15) is 4.79 Å². The number of carbonyl (C=O) groups is 1. The molecule has 4 nitrogen and oxygen atoms in total. The molecule has 0 radical (unpaired) electrons. The van der Waals surface area contributed by atoms with Crippen LogP contribution in [-0.4, -0.2) is 15.7 Å². The van der Waals surface area contributed by atoms with Gasteiger partial charge in [-0.3, -0.25) is 9.48 Å². The number of hydrogen-bond acceptors (Lipinski definition) is 2. The lowest BCUT2D eigenvalue weighted by molar-refractivity contribution is -0.124. The van der Waals surface area contributed by atoms with Gasteiger partial charge >= 0.3 is 0 Å². The number of amides is 1. The fourth-order valence-corrected chi connectivity index (χ4v) is 3.10. The van der Waals surface area contributed by atoms with Gasteiger partial charge in [0.2, 0.25) is 5.91 Å². The second kappa shape index (κ2) is 6.13. The molecule has 22 heavy (non-hydrogen) atoms. The Bertz CT molecular complexity index is 659. The molecule has 1 aromatic heterocycles. The van der Waals surface area contributed by atoms with Gasteiger partial charge in [0.1, 0.15) is 0 Å². The van der Waals surface area contributed by atoms with Gasteiger partial charge in [-0.2, -0.15) is 5.10 Å². The smallest absolute Gasteiger partial charge is 0.221 e. The van der Waals surface area contributed by atoms with Crippen LogP contribution < -0.4 is 5.32 Å². The minimum Gasteiger partial charge on any atom is -0.347 e. The summed E-state index contributed by atoms with van der Waals surface area (Å²) in [6.07, 6.45) is 8.10. The molecule has 0 unspecified atom stereocenters. The summed E-state index contributed by atoms with van der Waals surface area (Å²) in [5, 5.41) is 8.08. The van der Waals surface area contributed by atoms with Crippen LogP contribution in [0.5, 0.6) is 0 Å². The zero-order valence-electron chi connectivity index (χ0n) is 12.7. The number of benzene rings is 1. The average Bonchev–Trinajstić information content (AvgIpc) is 2.87. The van der Waals surface area contributed by atoms with Crippen molar-refractivity contribution in [2.45, 2.75) is 37.6 Å². The van der Waals surface area contributed by atoms with Gasteiger partial charge in [-0.1, -0.05) is 23.7 Å². The number of aryl methyl sites for hydroxylation is 2. The van der Waals surface area contributed by atoms with Crippen LogP contribution in [0.3, 0.4) is 0 Å². The summed E-state index contributed by atoms with van der Waals surface area (Å²) in [6, 6.07) is 7.81. The molecule has 116 valence electrons. The molecule has 0 bridgehead atoms. The fraction of sp³-hybridized carbons (Fsp3) is 0.412. The van der Waals surface area contributed by atoms with Crippen LogP contribution in [0.2, 0.25) is 5.02 Å². The molecular weight excluding hydrogens is 298 g/mol. The van der Waals surface area contributed by atoms with E-state index in [1.807, 2.05) is 43.7 Å². The van der Waals surface area contributed by atoms with Crippen molar-refractivity contribution in [2.24, 2.45) is 7.05 Å². The van der Waals surface area contributed by atoms with Crippen molar-refractivity contribution < 1.29 is 4.79 Å². The molecule has 5 heteroatoms. The first-order chi connectivity index (χ1) is 10.6. The van der Waals surface area contributed by atoms with Crippen molar-refractivity contribution in [3.8, 4) is 0 Å². The lowest BCUT2D eigenvalue weighted by atomic mass is 9.71. The molecule has 0 aliphatic heterocycles. The third-order valence-electron chi connectivity index (χ3n) is 4.38. The van der Waals surface area contributed by atoms with Crippen molar-refractivity contribution >= 4 is 17.5 Å². The van der Waals surface area contributed by atoms with Gasteiger partial charge in [0, 0.05) is 24.7 Å². The number of rotatable bonds is 5. The highest BCUT2D eigenvalue weighted by atomic mass is 35.5. The van der Waals surface area contributed by atoms with Crippen LogP contribution in [-0.2, 0) is 23.8 Å². The first kappa shape index (κ1) is 15.1. The van der Waals surface area contributed by atoms with E-state index in [1.54, 1.807) is 4.68 Å². The van der Waals surface area contributed by atoms with E-state index in [2.05, 4.69) is 10.4 Å². The van der Waals surface area contributed by atoms with E-state index in [4.69, 9.17) is 11.6 Å². The highest BCUT2D eigenvalue weighted by Gasteiger charge is 2.39. The van der Waals surface area contributed by atoms with Gasteiger partial charge in [-0.15, -0.1) is 0 Å². The number of nitrogens with one attached hydrogen (secondary N) is 1. The summed E-state index contributed by atoms with van der Waals surface area (Å²) < 4.78 is 1.76. The summed E-state index contributed by atoms with van der Waals surface area (Å²) in [5.41, 5.74) is 2.04. The monoisotopic (exact) mass is 317 g/mol. The predicted molar refractivity (Wildman–Crippen MR) is 86.7 cm³/mol. The Kier molecular flexibility index (Phi) is 4.21. The summed E-state index contributed by atoms with van der Waals surface area (Å²) in [4.78, 5) is 12.3. The zero-order chi connectivity index (χ0) is 15.6. The van der Waals surface area contributed by atoms with Crippen LogP contribution in [0, 0.1) is 0 Å². The molecule has 0 atom stereocenters. The second-order valence-electron chi connectivity index (χ2n) is 6.01. The largest absolute Gasteiger partial charge is 0.347 e. The average molecular weight is 318 g/mol. The number of nitrogens with zero attached hydrogens (tertiary/aromatic N) is 2. The maximum atomic E-state index is 12.3. The van der Waals surface area contributed by atoms with Crippen molar-refractivity contribution in [2.75, 3.05) is 0 Å². The van der Waals surface area contributed by atoms with Gasteiger partial charge in [-0.25, -0.2) is 0 Å². The summed E-state index contributed by atoms with van der Waals surface area (Å²) >= 11 is 5.95. The maximum absolute atomic E-state index is 12.3. The molecule has 1 amide bonds. The van der Waals surface area contributed by atoms with E-state index in [1.165, 1.54) is 0 Å². The molecule has 3 rings (SSSR count). The zero-order valence-corrected chi connectivity index (χ0v) is 13.4. The van der Waals surface area contributed by atoms with Crippen molar-refractivity contribution in [1.29, 1.82) is 0 Å². The Morgan fingerprint density at radius 1 is 1.36 bits per heavy atom. The Hall–Kier alpha value is -1.81. The van der Waals surface area contributed by atoms with Crippen LogP contribution in [0.15, 0.2) is 36.7 Å². The molecule has 0 spiro atoms. The molecule has 1 aliphatic carbocycles. The molecule has 1 aromatic carbocycles. The maximum Gasteiger partial charge on any atom is 0.221 e. The number of hydrogen-bond donors (Lipinski definition) is 1. The van der Waals surface area contributed by atoms with Crippen molar-refractivity contribution in [3.05, 3.63) is 52.8 Å². The van der Waals surface area contributed by atoms with E-state index < -0.39 is 0 Å². The van der Waals surface area contributed by atoms with Gasteiger partial charge in [0.25, 0.3) is 0 Å². The van der Waals surface area contributed by atoms with Crippen molar-refractivity contribution in [3.63, 3.8) is 0 Å². The molecule has 1 saturated carbocycles. The Labute approximate surface area is 135 Å². The first-order valence-electron chi connectivity index (χ1n) is 7.62. The summed E-state index contributed by atoms with van der Waals surface area (Å²) in [6.45, 7) is 0. The van der Waals surface area contributed by atoms with Crippen LogP contribution in [0.25, 0.3) is 0 Å². The van der Waals surface area contributed by atoms with Gasteiger partial charge in [0.05, 0.1) is 11.7 Å². The molecule has 1 heterocycles. The first-order valence-corrected chi connectivity index (χ1v) is 8.00. The summed E-state index contributed by atoms with van der Waals surface area (Å²) in [7, 11) is 1.88. The lowest BCUT2D eigenvalue weighted by Crippen LogP contribution is -2.50. The lowest BCUT2D eigenvalue weighted by Gasteiger charge is -2.43. The fourth-order valence-electron chi connectivity index (χ4n) is 2.97. The SMILES string of the molecule is Cn1cc(CCC(=O)NC2(c3ccc(Cl)cc3)CCC2)cn1. The van der Waals surface area contributed by atoms with Gasteiger partial charge < -0.3 is 5.32 Å². The van der Waals surface area contributed by atoms with Crippen LogP contribution in [0.4, 0.5) is 0 Å². The molecular formula is C17H20ClN3O. The highest BCUT2D eigenvalue weighted by Crippen LogP contribution is 2.41. The van der Waals surface area contributed by atoms with E-state index >= 15 is 0 Å². The normalized spacial score (nSPS) is 16.1. The van der Waals surface area contributed by atoms with E-state index in [-0.39, 0.29) is 11.4 Å². The van der Waals surface area contributed by atoms with Gasteiger partial charge in [-0.05, 0) is 48.9 Å². The predicted octanol–water partition coefficient (Wildman–Crippen LogP) is 3.20. The third kappa shape index (κ3) is 3.17. The Balaban J connectivity index is 1.62. The topological polar surface area (TPSA) is 46.9 Å². The second-order valence-corrected chi connectivity index (χ2v) is 6.45. The highest BCUT2D eigenvalue weighted by molar-refractivity contribution is 6.30. The molecule has 0 saturated heterocycles. The standard InChI is InChI=1S/C17H20ClN3O/c1-21-12-13(11-19-21)3-8-16(22)20-17(9-2-10-17)14-4-6-15(18)7-5-14/h4-7,11-12H,2-3,8-10H2,1H3,(H,20,22). The molecule has 2 aromatic rings. The quantitative estimate of drug-likeness (QED) is 0.920. The summed E-state index contributed by atoms with van der Waals surface area (Å²) in [5.74, 6) is 0.0958. The minimum absolute atomic E-state index is 0.0958. The Morgan fingerprint density at radius 2 is 2.09 bits per heavy atom. The Morgan fingerprint density at radius 3 is 2.64 bits per heavy atom. The van der Waals surface area contributed by atoms with Crippen molar-refractivity contribution in [1.82, 2.24) is 15.1 Å². The van der Waals surface area contributed by atoms with E-state index in [0.29, 0.717) is 6.42 Å². The third-order valence-corrected chi connectivity index (χ3v) is 4.63. The van der Waals surface area contributed by atoms with E-state index in [0.717, 1.165) is 41.8 Å².